The first-order valence-corrected chi connectivity index (χ1v) is 5.97. The van der Waals surface area contributed by atoms with Crippen molar-refractivity contribution >= 4 is 17.8 Å². The molecule has 0 aliphatic rings. The molecule has 0 aliphatic heterocycles. The van der Waals surface area contributed by atoms with E-state index in [0.29, 0.717) is 29.7 Å². The van der Waals surface area contributed by atoms with Crippen LogP contribution in [-0.4, -0.2) is 38.2 Å². The Labute approximate surface area is 111 Å². The van der Waals surface area contributed by atoms with Crippen LogP contribution in [0.15, 0.2) is 17.2 Å². The highest BCUT2D eigenvalue weighted by molar-refractivity contribution is 6.32. The van der Waals surface area contributed by atoms with Gasteiger partial charge in [0, 0.05) is 0 Å². The molecule has 0 heterocycles. The number of halogens is 1. The van der Waals surface area contributed by atoms with Gasteiger partial charge in [-0.15, -0.1) is 0 Å². The van der Waals surface area contributed by atoms with Crippen molar-refractivity contribution in [2.24, 2.45) is 5.10 Å². The molecular formula is C12H17ClN2O3. The van der Waals surface area contributed by atoms with Gasteiger partial charge in [-0.2, -0.15) is 5.10 Å². The second kappa shape index (κ2) is 7.79. The molecule has 6 heteroatoms. The second-order valence-electron chi connectivity index (χ2n) is 3.36. The minimum absolute atomic E-state index is 0.0324. The quantitative estimate of drug-likeness (QED) is 0.450. The van der Waals surface area contributed by atoms with E-state index < -0.39 is 0 Å². The summed E-state index contributed by atoms with van der Waals surface area (Å²) in [6.45, 7) is 2.83. The van der Waals surface area contributed by atoms with E-state index >= 15 is 0 Å². The summed E-state index contributed by atoms with van der Waals surface area (Å²) < 4.78 is 10.6. The van der Waals surface area contributed by atoms with E-state index in [1.165, 1.54) is 0 Å². The largest absolute Gasteiger partial charge is 0.493 e. The molecule has 0 bridgehead atoms. The van der Waals surface area contributed by atoms with Crippen LogP contribution in [0.4, 0.5) is 0 Å². The molecule has 1 aromatic carbocycles. The van der Waals surface area contributed by atoms with Crippen molar-refractivity contribution in [3.8, 4) is 11.5 Å². The van der Waals surface area contributed by atoms with E-state index in [4.69, 9.17) is 26.2 Å². The molecule has 100 valence electrons. The summed E-state index contributed by atoms with van der Waals surface area (Å²) in [7, 11) is 1.55. The maximum atomic E-state index is 8.59. The molecule has 0 aromatic heterocycles. The fraction of sp³-hybridized carbons (Fsp3) is 0.417. The molecule has 0 saturated heterocycles. The third-order valence-corrected chi connectivity index (χ3v) is 2.35. The lowest BCUT2D eigenvalue weighted by Crippen LogP contribution is -2.11. The Kier molecular flexibility index (Phi) is 6.32. The molecule has 0 amide bonds. The fourth-order valence-electron chi connectivity index (χ4n) is 1.33. The first-order valence-electron chi connectivity index (χ1n) is 5.60. The number of rotatable bonds is 7. The highest BCUT2D eigenvalue weighted by Crippen LogP contribution is 2.35. The van der Waals surface area contributed by atoms with E-state index in [0.717, 1.165) is 5.56 Å². The van der Waals surface area contributed by atoms with E-state index in [1.54, 1.807) is 25.5 Å². The van der Waals surface area contributed by atoms with Gasteiger partial charge in [0.1, 0.15) is 0 Å². The number of hydrogen-bond donors (Lipinski definition) is 2. The van der Waals surface area contributed by atoms with Crippen LogP contribution in [0.2, 0.25) is 5.02 Å². The van der Waals surface area contributed by atoms with Crippen LogP contribution in [0.25, 0.3) is 0 Å². The van der Waals surface area contributed by atoms with Crippen LogP contribution in [0, 0.1) is 0 Å². The van der Waals surface area contributed by atoms with Crippen molar-refractivity contribution in [2.45, 2.75) is 6.92 Å². The molecule has 1 aromatic rings. The van der Waals surface area contributed by atoms with Gasteiger partial charge >= 0.3 is 0 Å². The van der Waals surface area contributed by atoms with Crippen molar-refractivity contribution in [1.82, 2.24) is 5.43 Å². The lowest BCUT2D eigenvalue weighted by Gasteiger charge is -2.11. The third-order valence-electron chi connectivity index (χ3n) is 2.07. The van der Waals surface area contributed by atoms with Crippen molar-refractivity contribution in [2.75, 3.05) is 26.9 Å². The van der Waals surface area contributed by atoms with Gasteiger partial charge in [-0.25, -0.2) is 0 Å². The Balaban J connectivity index is 2.88. The predicted molar refractivity (Wildman–Crippen MR) is 71.9 cm³/mol. The van der Waals surface area contributed by atoms with E-state index in [9.17, 15) is 0 Å². The molecule has 0 fully saturated rings. The molecule has 0 saturated carbocycles. The zero-order valence-electron chi connectivity index (χ0n) is 10.4. The Morgan fingerprint density at radius 3 is 2.89 bits per heavy atom. The monoisotopic (exact) mass is 272 g/mol. The van der Waals surface area contributed by atoms with Crippen LogP contribution in [0.3, 0.4) is 0 Å². The van der Waals surface area contributed by atoms with Crippen LogP contribution >= 0.6 is 11.6 Å². The van der Waals surface area contributed by atoms with Crippen LogP contribution in [0.1, 0.15) is 12.5 Å². The van der Waals surface area contributed by atoms with Crippen LogP contribution in [0.5, 0.6) is 11.5 Å². The van der Waals surface area contributed by atoms with E-state index in [2.05, 4.69) is 10.5 Å². The zero-order valence-corrected chi connectivity index (χ0v) is 11.2. The van der Waals surface area contributed by atoms with Crippen molar-refractivity contribution in [1.29, 1.82) is 0 Å². The number of aliphatic hydroxyl groups is 1. The summed E-state index contributed by atoms with van der Waals surface area (Å²) in [5.74, 6) is 1.09. The van der Waals surface area contributed by atoms with Gasteiger partial charge in [-0.1, -0.05) is 11.6 Å². The smallest absolute Gasteiger partial charge is 0.179 e. The number of hydrazone groups is 1. The Bertz CT molecular complexity index is 411. The molecule has 0 atom stereocenters. The maximum absolute atomic E-state index is 8.59. The van der Waals surface area contributed by atoms with Gasteiger partial charge in [0.25, 0.3) is 0 Å². The molecule has 0 unspecified atom stereocenters. The third kappa shape index (κ3) is 4.09. The summed E-state index contributed by atoms with van der Waals surface area (Å²) in [6.07, 6.45) is 1.60. The van der Waals surface area contributed by atoms with Gasteiger partial charge in [0.15, 0.2) is 11.5 Å². The lowest BCUT2D eigenvalue weighted by molar-refractivity contribution is 0.294. The van der Waals surface area contributed by atoms with Crippen molar-refractivity contribution in [3.05, 3.63) is 22.7 Å². The number of aliphatic hydroxyl groups excluding tert-OH is 1. The number of nitrogens with one attached hydrogen (secondary N) is 1. The van der Waals surface area contributed by atoms with E-state index in [-0.39, 0.29) is 6.61 Å². The summed E-state index contributed by atoms with van der Waals surface area (Å²) in [6, 6.07) is 3.51. The standard InChI is InChI=1S/C12H17ClN2O3/c1-3-18-12-10(13)6-9(7-11(12)17-2)8-15-14-4-5-16/h6-8,14,16H,3-5H2,1-2H3. The number of benzene rings is 1. The average Bonchev–Trinajstić information content (AvgIpc) is 2.37. The molecule has 0 radical (unpaired) electrons. The van der Waals surface area contributed by atoms with E-state index in [1.807, 2.05) is 6.92 Å². The topological polar surface area (TPSA) is 63.1 Å². The van der Waals surface area contributed by atoms with Crippen LogP contribution < -0.4 is 14.9 Å². The molecule has 0 spiro atoms. The highest BCUT2D eigenvalue weighted by atomic mass is 35.5. The molecule has 1 rings (SSSR count). The lowest BCUT2D eigenvalue weighted by atomic mass is 10.2. The predicted octanol–water partition coefficient (Wildman–Crippen LogP) is 1.66. The second-order valence-corrected chi connectivity index (χ2v) is 3.76. The molecule has 2 N–H and O–H groups in total. The van der Waals surface area contributed by atoms with Gasteiger partial charge in [-0.05, 0) is 24.6 Å². The number of ether oxygens (including phenoxy) is 2. The Morgan fingerprint density at radius 2 is 2.28 bits per heavy atom. The average molecular weight is 273 g/mol. The van der Waals surface area contributed by atoms with Gasteiger partial charge in [0.2, 0.25) is 0 Å². The first kappa shape index (κ1) is 14.6. The van der Waals surface area contributed by atoms with Crippen molar-refractivity contribution in [3.63, 3.8) is 0 Å². The number of methoxy groups -OCH3 is 1. The minimum Gasteiger partial charge on any atom is -0.493 e. The molecule has 0 aliphatic carbocycles. The number of nitrogens with zero attached hydrogens (tertiary/aromatic N) is 1. The van der Waals surface area contributed by atoms with Gasteiger partial charge in [0.05, 0.1) is 38.1 Å². The first-order chi connectivity index (χ1) is 8.72. The zero-order chi connectivity index (χ0) is 13.4. The minimum atomic E-state index is 0.0324. The SMILES string of the molecule is CCOc1c(Cl)cc(C=NNCCO)cc1OC. The Hall–Kier alpha value is -1.46. The van der Waals surface area contributed by atoms with Crippen molar-refractivity contribution < 1.29 is 14.6 Å². The fourth-order valence-corrected chi connectivity index (χ4v) is 1.61. The molecular weight excluding hydrogens is 256 g/mol. The summed E-state index contributed by atoms with van der Waals surface area (Å²) in [4.78, 5) is 0. The molecule has 18 heavy (non-hydrogen) atoms. The summed E-state index contributed by atoms with van der Waals surface area (Å²) in [5, 5.41) is 13.0. The normalized spacial score (nSPS) is 10.7. The number of hydrogen-bond acceptors (Lipinski definition) is 5. The Morgan fingerprint density at radius 1 is 1.50 bits per heavy atom. The van der Waals surface area contributed by atoms with Crippen LogP contribution in [-0.2, 0) is 0 Å². The molecule has 5 nitrogen and oxygen atoms in total. The van der Waals surface area contributed by atoms with Gasteiger partial charge in [-0.3, -0.25) is 0 Å². The highest BCUT2D eigenvalue weighted by Gasteiger charge is 2.10. The van der Waals surface area contributed by atoms with Gasteiger partial charge < -0.3 is 20.0 Å². The summed E-state index contributed by atoms with van der Waals surface area (Å²) in [5.41, 5.74) is 3.47. The maximum Gasteiger partial charge on any atom is 0.179 e. The summed E-state index contributed by atoms with van der Waals surface area (Å²) >= 11 is 6.11.